The van der Waals surface area contributed by atoms with Gasteiger partial charge in [0, 0.05) is 18.4 Å². The van der Waals surface area contributed by atoms with Crippen molar-refractivity contribution in [2.24, 2.45) is 0 Å². The summed E-state index contributed by atoms with van der Waals surface area (Å²) in [6, 6.07) is 8.08. The second kappa shape index (κ2) is 4.72. The Bertz CT molecular complexity index is 593. The van der Waals surface area contributed by atoms with Gasteiger partial charge in [0.2, 0.25) is 5.91 Å². The van der Waals surface area contributed by atoms with E-state index in [1.54, 1.807) is 10.9 Å². The zero-order chi connectivity index (χ0) is 12.5. The van der Waals surface area contributed by atoms with E-state index in [1.165, 1.54) is 5.56 Å². The van der Waals surface area contributed by atoms with E-state index in [0.29, 0.717) is 6.54 Å². The quantitative estimate of drug-likeness (QED) is 0.776. The van der Waals surface area contributed by atoms with Gasteiger partial charge in [0.05, 0.1) is 9.77 Å². The van der Waals surface area contributed by atoms with Crippen molar-refractivity contribution in [1.82, 2.24) is 9.78 Å². The molecule has 1 amide bonds. The summed E-state index contributed by atoms with van der Waals surface area (Å²) in [7, 11) is 0. The number of hydrogen-bond donors (Lipinski definition) is 0. The third-order valence-corrected chi connectivity index (χ3v) is 3.64. The van der Waals surface area contributed by atoms with Crippen LogP contribution >= 0.6 is 22.6 Å². The van der Waals surface area contributed by atoms with E-state index in [2.05, 4.69) is 33.8 Å². The van der Waals surface area contributed by atoms with Gasteiger partial charge in [-0.25, -0.2) is 0 Å². The van der Waals surface area contributed by atoms with Crippen LogP contribution in [0, 0.1) is 3.57 Å². The normalized spacial score (nSPS) is 13.7. The second-order valence-corrected chi connectivity index (χ2v) is 5.53. The van der Waals surface area contributed by atoms with Crippen molar-refractivity contribution in [3.8, 4) is 0 Å². The maximum atomic E-state index is 12.2. The number of aromatic nitrogens is 2. The molecule has 5 heteroatoms. The van der Waals surface area contributed by atoms with E-state index in [1.807, 2.05) is 29.3 Å². The number of carbonyl (C=O) groups excluding carboxylic acids is 1. The Morgan fingerprint density at radius 3 is 3.00 bits per heavy atom. The van der Waals surface area contributed by atoms with Gasteiger partial charge >= 0.3 is 0 Å². The summed E-state index contributed by atoms with van der Waals surface area (Å²) < 4.78 is 2.73. The highest BCUT2D eigenvalue weighted by molar-refractivity contribution is 14.1. The molecular formula is C13H12IN3O. The van der Waals surface area contributed by atoms with Crippen LogP contribution in [0.25, 0.3) is 0 Å². The standard InChI is InChI=1S/C13H12IN3O/c14-11-7-15-16(8-11)9-13(18)17-6-5-10-3-1-2-4-12(10)17/h1-4,7-8H,5-6,9H2. The van der Waals surface area contributed by atoms with Gasteiger partial charge < -0.3 is 4.90 Å². The first-order valence-electron chi connectivity index (χ1n) is 5.80. The van der Waals surface area contributed by atoms with Crippen molar-refractivity contribution in [3.05, 3.63) is 45.8 Å². The number of carbonyl (C=O) groups is 1. The van der Waals surface area contributed by atoms with Crippen LogP contribution < -0.4 is 4.90 Å². The van der Waals surface area contributed by atoms with Gasteiger partial charge in [0.1, 0.15) is 6.54 Å². The Kier molecular flexibility index (Phi) is 3.07. The van der Waals surface area contributed by atoms with E-state index < -0.39 is 0 Å². The van der Waals surface area contributed by atoms with Crippen LogP contribution in [0.5, 0.6) is 0 Å². The molecule has 18 heavy (non-hydrogen) atoms. The number of benzene rings is 1. The Hall–Kier alpha value is -1.37. The number of rotatable bonds is 2. The lowest BCUT2D eigenvalue weighted by atomic mass is 10.2. The van der Waals surface area contributed by atoms with Crippen LogP contribution in [-0.4, -0.2) is 22.2 Å². The molecule has 4 nitrogen and oxygen atoms in total. The average molecular weight is 353 g/mol. The molecule has 1 aromatic carbocycles. The molecule has 0 N–H and O–H groups in total. The SMILES string of the molecule is O=C(Cn1cc(I)cn1)N1CCc2ccccc21. The number of halogens is 1. The van der Waals surface area contributed by atoms with Gasteiger partial charge in [-0.3, -0.25) is 9.48 Å². The molecule has 0 saturated carbocycles. The van der Waals surface area contributed by atoms with Crippen LogP contribution in [0.3, 0.4) is 0 Å². The highest BCUT2D eigenvalue weighted by atomic mass is 127. The molecule has 0 saturated heterocycles. The molecule has 3 rings (SSSR count). The largest absolute Gasteiger partial charge is 0.310 e. The highest BCUT2D eigenvalue weighted by Crippen LogP contribution is 2.27. The first-order chi connectivity index (χ1) is 8.74. The lowest BCUT2D eigenvalue weighted by molar-refractivity contribution is -0.119. The number of nitrogens with zero attached hydrogens (tertiary/aromatic N) is 3. The van der Waals surface area contributed by atoms with Gasteiger partial charge in [0.15, 0.2) is 0 Å². The van der Waals surface area contributed by atoms with E-state index in [-0.39, 0.29) is 5.91 Å². The molecule has 0 fully saturated rings. The minimum absolute atomic E-state index is 0.0967. The van der Waals surface area contributed by atoms with Gasteiger partial charge in [-0.2, -0.15) is 5.10 Å². The third kappa shape index (κ3) is 2.14. The molecule has 1 aromatic heterocycles. The lowest BCUT2D eigenvalue weighted by Gasteiger charge is -2.17. The predicted molar refractivity (Wildman–Crippen MR) is 77.4 cm³/mol. The van der Waals surface area contributed by atoms with E-state index >= 15 is 0 Å². The molecule has 0 bridgehead atoms. The zero-order valence-electron chi connectivity index (χ0n) is 9.71. The van der Waals surface area contributed by atoms with Crippen LogP contribution in [0.2, 0.25) is 0 Å². The second-order valence-electron chi connectivity index (χ2n) is 4.28. The Morgan fingerprint density at radius 2 is 2.22 bits per heavy atom. The van der Waals surface area contributed by atoms with Crippen molar-refractivity contribution in [3.63, 3.8) is 0 Å². The van der Waals surface area contributed by atoms with Gasteiger partial charge in [-0.1, -0.05) is 18.2 Å². The fourth-order valence-electron chi connectivity index (χ4n) is 2.25. The van der Waals surface area contributed by atoms with Crippen LogP contribution in [0.1, 0.15) is 5.56 Å². The summed E-state index contributed by atoms with van der Waals surface area (Å²) in [5.74, 6) is 0.0967. The Balaban J connectivity index is 1.78. The lowest BCUT2D eigenvalue weighted by Crippen LogP contribution is -2.32. The maximum Gasteiger partial charge on any atom is 0.248 e. The van der Waals surface area contributed by atoms with Crippen molar-refractivity contribution in [1.29, 1.82) is 0 Å². The smallest absolute Gasteiger partial charge is 0.248 e. The summed E-state index contributed by atoms with van der Waals surface area (Å²) in [5.41, 5.74) is 2.30. The first kappa shape index (κ1) is 11.7. The summed E-state index contributed by atoms with van der Waals surface area (Å²) >= 11 is 2.19. The summed E-state index contributed by atoms with van der Waals surface area (Å²) in [6.07, 6.45) is 4.57. The maximum absolute atomic E-state index is 12.2. The van der Waals surface area contributed by atoms with Crippen molar-refractivity contribution < 1.29 is 4.79 Å². The topological polar surface area (TPSA) is 38.1 Å². The minimum atomic E-state index is 0.0967. The molecule has 0 radical (unpaired) electrons. The highest BCUT2D eigenvalue weighted by Gasteiger charge is 2.24. The molecule has 0 unspecified atom stereocenters. The average Bonchev–Trinajstić information content (AvgIpc) is 2.95. The van der Waals surface area contributed by atoms with Crippen LogP contribution in [0.15, 0.2) is 36.7 Å². The van der Waals surface area contributed by atoms with Crippen molar-refractivity contribution in [2.45, 2.75) is 13.0 Å². The predicted octanol–water partition coefficient (Wildman–Crippen LogP) is 2.08. The van der Waals surface area contributed by atoms with Crippen LogP contribution in [-0.2, 0) is 17.8 Å². The molecule has 2 heterocycles. The number of fused-ring (bicyclic) bond motifs is 1. The van der Waals surface area contributed by atoms with Gasteiger partial charge in [-0.05, 0) is 40.6 Å². The fraction of sp³-hybridized carbons (Fsp3) is 0.231. The summed E-state index contributed by atoms with van der Waals surface area (Å²) in [4.78, 5) is 14.1. The van der Waals surface area contributed by atoms with E-state index in [4.69, 9.17) is 0 Å². The number of hydrogen-bond acceptors (Lipinski definition) is 2. The number of para-hydroxylation sites is 1. The zero-order valence-corrected chi connectivity index (χ0v) is 11.9. The summed E-state index contributed by atoms with van der Waals surface area (Å²) in [6.45, 7) is 1.08. The Morgan fingerprint density at radius 1 is 1.39 bits per heavy atom. The van der Waals surface area contributed by atoms with Crippen molar-refractivity contribution >= 4 is 34.2 Å². The molecule has 1 aliphatic rings. The molecular weight excluding hydrogens is 341 g/mol. The monoisotopic (exact) mass is 353 g/mol. The third-order valence-electron chi connectivity index (χ3n) is 3.09. The van der Waals surface area contributed by atoms with E-state index in [0.717, 1.165) is 22.2 Å². The number of anilines is 1. The molecule has 0 aliphatic carbocycles. The first-order valence-corrected chi connectivity index (χ1v) is 6.88. The fourth-order valence-corrected chi connectivity index (χ4v) is 2.69. The molecule has 1 aliphatic heterocycles. The van der Waals surface area contributed by atoms with Crippen molar-refractivity contribution in [2.75, 3.05) is 11.4 Å². The molecule has 0 atom stereocenters. The van der Waals surface area contributed by atoms with Gasteiger partial charge in [-0.15, -0.1) is 0 Å². The molecule has 0 spiro atoms. The minimum Gasteiger partial charge on any atom is -0.310 e. The molecule has 2 aromatic rings. The van der Waals surface area contributed by atoms with E-state index in [9.17, 15) is 4.79 Å². The Labute approximate surface area is 119 Å². The van der Waals surface area contributed by atoms with Gasteiger partial charge in [0.25, 0.3) is 0 Å². The van der Waals surface area contributed by atoms with Crippen LogP contribution in [0.4, 0.5) is 5.69 Å². The number of amides is 1. The summed E-state index contributed by atoms with van der Waals surface area (Å²) in [5, 5.41) is 4.14. The molecule has 92 valence electrons.